The van der Waals surface area contributed by atoms with Crippen molar-refractivity contribution in [1.82, 2.24) is 4.90 Å². The van der Waals surface area contributed by atoms with Gasteiger partial charge in [-0.1, -0.05) is 0 Å². The first kappa shape index (κ1) is 19.4. The molecule has 1 aliphatic heterocycles. The van der Waals surface area contributed by atoms with E-state index in [2.05, 4.69) is 21.2 Å². The average Bonchev–Trinajstić information content (AvgIpc) is 2.43. The maximum atomic E-state index is 12.1. The summed E-state index contributed by atoms with van der Waals surface area (Å²) in [6.07, 6.45) is -0.560. The highest BCUT2D eigenvalue weighted by Crippen LogP contribution is 2.35. The number of carbonyl (C=O) groups is 2. The van der Waals surface area contributed by atoms with Crippen molar-refractivity contribution in [1.29, 1.82) is 0 Å². The molecule has 2 rings (SSSR count). The van der Waals surface area contributed by atoms with Gasteiger partial charge in [-0.05, 0) is 48.8 Å². The number of halogens is 1. The lowest BCUT2D eigenvalue weighted by molar-refractivity contribution is -0.139. The van der Waals surface area contributed by atoms with Crippen LogP contribution in [0.2, 0.25) is 0 Å². The van der Waals surface area contributed by atoms with Crippen LogP contribution < -0.4 is 10.1 Å². The Morgan fingerprint density at radius 3 is 2.52 bits per heavy atom. The third-order valence-corrected chi connectivity index (χ3v) is 4.39. The molecule has 8 heteroatoms. The molecule has 1 saturated heterocycles. The Hall–Kier alpha value is -1.96. The number of carboxylic acid groups (broad SMARTS) is 1. The summed E-state index contributed by atoms with van der Waals surface area (Å²) < 4.78 is 11.3. The van der Waals surface area contributed by atoms with Gasteiger partial charge in [0.15, 0.2) is 0 Å². The van der Waals surface area contributed by atoms with Crippen LogP contribution in [0.1, 0.15) is 27.2 Å². The summed E-state index contributed by atoms with van der Waals surface area (Å²) in [6, 6.07) is 5.40. The van der Waals surface area contributed by atoms with Crippen LogP contribution in [0, 0.1) is 0 Å². The first-order chi connectivity index (χ1) is 11.5. The second kappa shape index (κ2) is 7.11. The molecular formula is C17H23BrN2O5. The molecule has 2 N–H and O–H groups in total. The van der Waals surface area contributed by atoms with Crippen molar-refractivity contribution in [3.05, 3.63) is 22.7 Å². The highest BCUT2D eigenvalue weighted by molar-refractivity contribution is 9.10. The van der Waals surface area contributed by atoms with E-state index in [1.54, 1.807) is 40.0 Å². The lowest BCUT2D eigenvalue weighted by Crippen LogP contribution is -2.68. The summed E-state index contributed by atoms with van der Waals surface area (Å²) >= 11 is 3.44. The average molecular weight is 415 g/mol. The quantitative estimate of drug-likeness (QED) is 0.767. The van der Waals surface area contributed by atoms with Crippen LogP contribution in [0.15, 0.2) is 22.7 Å². The Balaban J connectivity index is 2.14. The predicted octanol–water partition coefficient (Wildman–Crippen LogP) is 3.33. The number of ether oxygens (including phenoxy) is 2. The van der Waals surface area contributed by atoms with Gasteiger partial charge < -0.3 is 24.8 Å². The van der Waals surface area contributed by atoms with Gasteiger partial charge in [-0.25, -0.2) is 4.79 Å². The Morgan fingerprint density at radius 1 is 1.36 bits per heavy atom. The molecule has 0 bridgehead atoms. The molecule has 1 aromatic carbocycles. The van der Waals surface area contributed by atoms with E-state index in [0.717, 1.165) is 4.47 Å². The van der Waals surface area contributed by atoms with E-state index >= 15 is 0 Å². The number of hydrogen-bond acceptors (Lipinski definition) is 5. The normalized spacial score (nSPS) is 16.0. The highest BCUT2D eigenvalue weighted by atomic mass is 79.9. The first-order valence-corrected chi connectivity index (χ1v) is 8.64. The van der Waals surface area contributed by atoms with Crippen molar-refractivity contribution < 1.29 is 24.2 Å². The summed E-state index contributed by atoms with van der Waals surface area (Å²) in [4.78, 5) is 24.9. The van der Waals surface area contributed by atoms with Crippen molar-refractivity contribution in [2.45, 2.75) is 38.3 Å². The summed E-state index contributed by atoms with van der Waals surface area (Å²) in [5.41, 5.74) is -0.632. The van der Waals surface area contributed by atoms with Gasteiger partial charge in [0, 0.05) is 23.6 Å². The smallest absolute Gasteiger partial charge is 0.410 e. The lowest BCUT2D eigenvalue weighted by atomic mass is 9.86. The molecular weight excluding hydrogens is 392 g/mol. The minimum atomic E-state index is -0.935. The molecule has 0 spiro atoms. The van der Waals surface area contributed by atoms with Crippen LogP contribution in [0.25, 0.3) is 0 Å². The molecule has 0 atom stereocenters. The van der Waals surface area contributed by atoms with Crippen LogP contribution in [-0.2, 0) is 9.53 Å². The Bertz CT molecular complexity index is 665. The van der Waals surface area contributed by atoms with Gasteiger partial charge in [0.05, 0.1) is 24.8 Å². The number of rotatable bonds is 5. The summed E-state index contributed by atoms with van der Waals surface area (Å²) in [6.45, 7) is 5.87. The second-order valence-corrected chi connectivity index (χ2v) is 8.01. The highest BCUT2D eigenvalue weighted by Gasteiger charge is 2.48. The van der Waals surface area contributed by atoms with Crippen molar-refractivity contribution in [3.63, 3.8) is 0 Å². The number of carboxylic acids is 1. The first-order valence-electron chi connectivity index (χ1n) is 7.85. The maximum Gasteiger partial charge on any atom is 0.410 e. The largest absolute Gasteiger partial charge is 0.497 e. The van der Waals surface area contributed by atoms with Gasteiger partial charge in [0.2, 0.25) is 0 Å². The van der Waals surface area contributed by atoms with Crippen LogP contribution >= 0.6 is 15.9 Å². The number of likely N-dealkylation sites (tertiary alicyclic amines) is 1. The predicted molar refractivity (Wildman–Crippen MR) is 97.1 cm³/mol. The van der Waals surface area contributed by atoms with Crippen LogP contribution in [0.5, 0.6) is 5.75 Å². The van der Waals surface area contributed by atoms with Crippen molar-refractivity contribution in [2.24, 2.45) is 0 Å². The molecule has 1 aromatic rings. The number of amides is 1. The van der Waals surface area contributed by atoms with E-state index < -0.39 is 23.2 Å². The molecule has 25 heavy (non-hydrogen) atoms. The zero-order valence-corrected chi connectivity index (χ0v) is 16.3. The third-order valence-electron chi connectivity index (χ3n) is 3.70. The summed E-state index contributed by atoms with van der Waals surface area (Å²) in [5.74, 6) is -0.283. The van der Waals surface area contributed by atoms with Gasteiger partial charge in [0.1, 0.15) is 11.4 Å². The number of methoxy groups -OCH3 is 1. The standard InChI is InChI=1S/C17H23BrN2O5/c1-16(2,3)25-15(23)20-9-17(10-20,8-14(21)22)19-13-7-11(24-4)5-6-12(13)18/h5-7,19H,8-10H2,1-4H3,(H,21,22). The van der Waals surface area contributed by atoms with Gasteiger partial charge in [-0.3, -0.25) is 4.79 Å². The molecule has 7 nitrogen and oxygen atoms in total. The Labute approximate surface area is 155 Å². The molecule has 0 radical (unpaired) electrons. The van der Waals surface area contributed by atoms with E-state index in [1.807, 2.05) is 6.07 Å². The van der Waals surface area contributed by atoms with Gasteiger partial charge in [-0.2, -0.15) is 0 Å². The number of anilines is 1. The fourth-order valence-electron chi connectivity index (χ4n) is 2.68. The fraction of sp³-hybridized carbons (Fsp3) is 0.529. The van der Waals surface area contributed by atoms with E-state index in [-0.39, 0.29) is 19.5 Å². The van der Waals surface area contributed by atoms with E-state index in [4.69, 9.17) is 9.47 Å². The molecule has 1 fully saturated rings. The molecule has 0 aliphatic carbocycles. The zero-order valence-electron chi connectivity index (χ0n) is 14.8. The van der Waals surface area contributed by atoms with Gasteiger partial charge in [0.25, 0.3) is 0 Å². The summed E-state index contributed by atoms with van der Waals surface area (Å²) in [7, 11) is 1.56. The van der Waals surface area contributed by atoms with Crippen molar-refractivity contribution >= 4 is 33.7 Å². The Morgan fingerprint density at radius 2 is 2.00 bits per heavy atom. The van der Waals surface area contributed by atoms with Crippen molar-refractivity contribution in [2.75, 3.05) is 25.5 Å². The van der Waals surface area contributed by atoms with Crippen LogP contribution in [0.4, 0.5) is 10.5 Å². The number of benzene rings is 1. The number of carbonyl (C=O) groups excluding carboxylic acids is 1. The number of hydrogen-bond donors (Lipinski definition) is 2. The van der Waals surface area contributed by atoms with E-state index in [9.17, 15) is 14.7 Å². The van der Waals surface area contributed by atoms with E-state index in [1.165, 1.54) is 4.90 Å². The zero-order chi connectivity index (χ0) is 18.8. The summed E-state index contributed by atoms with van der Waals surface area (Å²) in [5, 5.41) is 12.5. The Kier molecular flexibility index (Phi) is 5.51. The molecule has 1 aliphatic rings. The fourth-order valence-corrected chi connectivity index (χ4v) is 3.02. The molecule has 0 aromatic heterocycles. The minimum absolute atomic E-state index is 0.115. The molecule has 0 unspecified atom stereocenters. The number of nitrogens with zero attached hydrogens (tertiary/aromatic N) is 1. The van der Waals surface area contributed by atoms with Crippen LogP contribution in [0.3, 0.4) is 0 Å². The topological polar surface area (TPSA) is 88.1 Å². The monoisotopic (exact) mass is 414 g/mol. The minimum Gasteiger partial charge on any atom is -0.497 e. The third kappa shape index (κ3) is 5.01. The van der Waals surface area contributed by atoms with Gasteiger partial charge in [-0.15, -0.1) is 0 Å². The second-order valence-electron chi connectivity index (χ2n) is 7.16. The lowest BCUT2D eigenvalue weighted by Gasteiger charge is -2.50. The molecule has 138 valence electrons. The van der Waals surface area contributed by atoms with Gasteiger partial charge >= 0.3 is 12.1 Å². The van der Waals surface area contributed by atoms with Crippen LogP contribution in [-0.4, -0.2) is 53.4 Å². The molecule has 1 heterocycles. The molecule has 0 saturated carbocycles. The maximum absolute atomic E-state index is 12.1. The number of nitrogens with one attached hydrogen (secondary N) is 1. The van der Waals surface area contributed by atoms with Crippen molar-refractivity contribution in [3.8, 4) is 5.75 Å². The number of aliphatic carboxylic acids is 1. The molecule has 1 amide bonds. The van der Waals surface area contributed by atoms with E-state index in [0.29, 0.717) is 11.4 Å². The SMILES string of the molecule is COc1ccc(Br)c(NC2(CC(=O)O)CN(C(=O)OC(C)(C)C)C2)c1.